The monoisotopic (exact) mass is 402 g/mol. The van der Waals surface area contributed by atoms with Crippen molar-refractivity contribution in [2.75, 3.05) is 0 Å². The third kappa shape index (κ3) is 3.88. The van der Waals surface area contributed by atoms with Gasteiger partial charge in [-0.05, 0) is 37.1 Å². The maximum Gasteiger partial charge on any atom is 1.00 e. The quantitative estimate of drug-likeness (QED) is 0.586. The van der Waals surface area contributed by atoms with E-state index in [1.54, 1.807) is 17.7 Å². The Kier molecular flexibility index (Phi) is 6.64. The summed E-state index contributed by atoms with van der Waals surface area (Å²) in [5, 5.41) is 16.3. The molecule has 0 saturated carbocycles. The fourth-order valence-corrected chi connectivity index (χ4v) is 3.07. The Bertz CT molecular complexity index is 968. The maximum absolute atomic E-state index is 13.8. The van der Waals surface area contributed by atoms with Crippen molar-refractivity contribution in [1.82, 2.24) is 9.78 Å². The van der Waals surface area contributed by atoms with Gasteiger partial charge in [-0.25, -0.2) is 0 Å². The molecule has 0 radical (unpaired) electrons. The molecule has 0 N–H and O–H groups in total. The molecule has 26 heavy (non-hydrogen) atoms. The van der Waals surface area contributed by atoms with Gasteiger partial charge in [0.2, 0.25) is 0 Å². The van der Waals surface area contributed by atoms with E-state index in [1.807, 2.05) is 19.1 Å². The molecule has 0 fully saturated rings. The van der Waals surface area contributed by atoms with Gasteiger partial charge < -0.3 is 9.90 Å². The second-order valence-corrected chi connectivity index (χ2v) is 6.28. The summed E-state index contributed by atoms with van der Waals surface area (Å²) in [6.45, 7) is 3.94. The number of nitrogens with zero attached hydrogens (tertiary/aromatic N) is 2. The average molecular weight is 403 g/mol. The smallest absolute Gasteiger partial charge is 0.544 e. The molecular weight excluding hydrogens is 389 g/mol. The molecule has 0 amide bonds. The van der Waals surface area contributed by atoms with E-state index in [2.05, 4.69) is 5.10 Å². The molecule has 0 saturated heterocycles. The zero-order chi connectivity index (χ0) is 18.4. The van der Waals surface area contributed by atoms with Crippen molar-refractivity contribution in [3.05, 3.63) is 63.8 Å². The van der Waals surface area contributed by atoms with Gasteiger partial charge in [-0.1, -0.05) is 35.9 Å². The average Bonchev–Trinajstić information content (AvgIpc) is 2.86. The van der Waals surface area contributed by atoms with E-state index in [1.165, 1.54) is 6.07 Å². The van der Waals surface area contributed by atoms with E-state index in [9.17, 15) is 18.7 Å². The first-order valence-electron chi connectivity index (χ1n) is 7.52. The first-order chi connectivity index (χ1) is 11.7. The predicted molar refractivity (Wildman–Crippen MR) is 88.7 cm³/mol. The number of carbonyl (C=O) groups excluding carboxylic acids is 1. The van der Waals surface area contributed by atoms with Gasteiger partial charge in [0.25, 0.3) is 0 Å². The van der Waals surface area contributed by atoms with Crippen LogP contribution in [-0.2, 0) is 17.3 Å². The number of fused-ring (bicyclic) bond motifs is 1. The van der Waals surface area contributed by atoms with Crippen LogP contribution in [0.25, 0.3) is 10.9 Å². The number of aryl methyl sites for hydroxylation is 2. The Balaban J connectivity index is 0.00000243. The fraction of sp³-hybridized carbons (Fsp3) is 0.222. The van der Waals surface area contributed by atoms with Crippen molar-refractivity contribution in [1.29, 1.82) is 0 Å². The summed E-state index contributed by atoms with van der Waals surface area (Å²) in [7, 11) is 0. The summed E-state index contributed by atoms with van der Waals surface area (Å²) in [5.74, 6) is -6.51. The van der Waals surface area contributed by atoms with Crippen LogP contribution < -0.4 is 56.5 Å². The summed E-state index contributed by atoms with van der Waals surface area (Å²) in [4.78, 5) is 10.7. The van der Waals surface area contributed by atoms with E-state index in [0.717, 1.165) is 23.3 Å². The van der Waals surface area contributed by atoms with E-state index in [4.69, 9.17) is 11.6 Å². The SMILES string of the molecule is Cc1cccc(Cl)c1Cn1nc(C)c2ccc(C(F)(F)C(=O)[O-])cc21.[K+]. The maximum atomic E-state index is 13.8. The molecule has 0 aliphatic carbocycles. The number of aliphatic carboxylic acids is 1. The second-order valence-electron chi connectivity index (χ2n) is 5.87. The van der Waals surface area contributed by atoms with Crippen molar-refractivity contribution in [3.8, 4) is 0 Å². The normalized spacial score (nSPS) is 11.4. The largest absolute Gasteiger partial charge is 1.00 e. The fourth-order valence-electron chi connectivity index (χ4n) is 2.79. The molecule has 0 bridgehead atoms. The minimum absolute atomic E-state index is 0. The summed E-state index contributed by atoms with van der Waals surface area (Å²) >= 11 is 6.24. The van der Waals surface area contributed by atoms with Crippen molar-refractivity contribution in [3.63, 3.8) is 0 Å². The van der Waals surface area contributed by atoms with Crippen LogP contribution in [0.4, 0.5) is 8.78 Å². The first kappa shape index (κ1) is 21.5. The zero-order valence-corrected chi connectivity index (χ0v) is 18.4. The number of hydrogen-bond donors (Lipinski definition) is 0. The Hall–Kier alpha value is -0.834. The number of halogens is 3. The number of carboxylic acids is 1. The molecule has 0 aliphatic heterocycles. The van der Waals surface area contributed by atoms with Crippen LogP contribution in [0.3, 0.4) is 0 Å². The minimum Gasteiger partial charge on any atom is -0.544 e. The summed E-state index contributed by atoms with van der Waals surface area (Å²) < 4.78 is 29.1. The van der Waals surface area contributed by atoms with Crippen molar-refractivity contribution >= 4 is 28.5 Å². The standard InChI is InChI=1S/C18H15ClF2N2O2.K/c1-10-4-3-5-15(19)14(10)9-23-16-8-12(18(20,21)17(24)25)6-7-13(16)11(2)22-23;/h3-8H,9H2,1-2H3,(H,24,25);/q;+1/p-1. The number of hydrogen-bond acceptors (Lipinski definition) is 3. The van der Waals surface area contributed by atoms with E-state index >= 15 is 0 Å². The van der Waals surface area contributed by atoms with E-state index in [0.29, 0.717) is 21.6 Å². The molecule has 0 aliphatic rings. The van der Waals surface area contributed by atoms with Gasteiger partial charge in [0.15, 0.2) is 0 Å². The van der Waals surface area contributed by atoms with Crippen LogP contribution in [0.15, 0.2) is 36.4 Å². The Morgan fingerprint density at radius 3 is 2.58 bits per heavy atom. The third-order valence-corrected chi connectivity index (χ3v) is 4.57. The number of rotatable bonds is 4. The molecule has 0 atom stereocenters. The molecule has 1 heterocycles. The summed E-state index contributed by atoms with van der Waals surface area (Å²) in [5.41, 5.74) is 2.20. The molecule has 3 rings (SSSR count). The topological polar surface area (TPSA) is 58.0 Å². The second kappa shape index (κ2) is 8.04. The van der Waals surface area contributed by atoms with Crippen molar-refractivity contribution < 1.29 is 70.1 Å². The zero-order valence-electron chi connectivity index (χ0n) is 14.5. The van der Waals surface area contributed by atoms with Crippen molar-refractivity contribution in [2.45, 2.75) is 26.3 Å². The molecule has 0 unspecified atom stereocenters. The number of benzene rings is 2. The van der Waals surface area contributed by atoms with Gasteiger partial charge in [-0.2, -0.15) is 13.9 Å². The van der Waals surface area contributed by atoms with Crippen LogP contribution in [0, 0.1) is 13.8 Å². The number of aromatic nitrogens is 2. The number of alkyl halides is 2. The minimum atomic E-state index is -4.07. The molecule has 1 aromatic heterocycles. The van der Waals surface area contributed by atoms with Gasteiger partial charge in [0.05, 0.1) is 17.8 Å². The van der Waals surface area contributed by atoms with Gasteiger partial charge >= 0.3 is 57.3 Å². The Morgan fingerprint density at radius 1 is 1.27 bits per heavy atom. The molecule has 8 heteroatoms. The predicted octanol–water partition coefficient (Wildman–Crippen LogP) is 0.201. The van der Waals surface area contributed by atoms with Crippen LogP contribution in [0.1, 0.15) is 22.4 Å². The first-order valence-corrected chi connectivity index (χ1v) is 7.90. The van der Waals surface area contributed by atoms with Gasteiger partial charge in [-0.3, -0.25) is 4.68 Å². The summed E-state index contributed by atoms with van der Waals surface area (Å²) in [6.07, 6.45) is 0. The van der Waals surface area contributed by atoms with Crippen LogP contribution >= 0.6 is 11.6 Å². The molecule has 2 aromatic carbocycles. The van der Waals surface area contributed by atoms with Crippen LogP contribution in [0.2, 0.25) is 5.02 Å². The van der Waals surface area contributed by atoms with Crippen LogP contribution in [0.5, 0.6) is 0 Å². The van der Waals surface area contributed by atoms with Gasteiger partial charge in [0, 0.05) is 16.0 Å². The number of carboxylic acid groups (broad SMARTS) is 1. The third-order valence-electron chi connectivity index (χ3n) is 4.22. The van der Waals surface area contributed by atoms with Gasteiger partial charge in [0.1, 0.15) is 5.97 Å². The molecule has 130 valence electrons. The Labute approximate surface area is 196 Å². The van der Waals surface area contributed by atoms with E-state index in [-0.39, 0.29) is 57.9 Å². The summed E-state index contributed by atoms with van der Waals surface area (Å²) in [6, 6.07) is 9.13. The van der Waals surface area contributed by atoms with E-state index < -0.39 is 17.5 Å². The van der Waals surface area contributed by atoms with Gasteiger partial charge in [-0.15, -0.1) is 0 Å². The van der Waals surface area contributed by atoms with Crippen molar-refractivity contribution in [2.24, 2.45) is 0 Å². The molecular formula is C18H14ClF2KN2O2. The number of carbonyl (C=O) groups is 1. The Morgan fingerprint density at radius 2 is 1.96 bits per heavy atom. The molecule has 4 nitrogen and oxygen atoms in total. The molecule has 0 spiro atoms. The van der Waals surface area contributed by atoms with Crippen LogP contribution in [-0.4, -0.2) is 15.7 Å². The molecule has 3 aromatic rings.